The van der Waals surface area contributed by atoms with Crippen LogP contribution in [0.1, 0.15) is 13.8 Å². The average molecular weight is 352 g/mol. The molecule has 2 N–H and O–H groups in total. The summed E-state index contributed by atoms with van der Waals surface area (Å²) in [6.45, 7) is 4.79. The fourth-order valence-corrected chi connectivity index (χ4v) is 5.08. The van der Waals surface area contributed by atoms with Gasteiger partial charge in [0.1, 0.15) is 4.90 Å². The summed E-state index contributed by atoms with van der Waals surface area (Å²) in [6, 6.07) is 3.05. The van der Waals surface area contributed by atoms with Gasteiger partial charge in [-0.05, 0) is 33.0 Å². The molecule has 0 radical (unpaired) electrons. The van der Waals surface area contributed by atoms with Crippen molar-refractivity contribution in [2.45, 2.75) is 30.8 Å². The van der Waals surface area contributed by atoms with E-state index in [0.29, 0.717) is 18.1 Å². The summed E-state index contributed by atoms with van der Waals surface area (Å²) in [6.07, 6.45) is 0. The fraction of sp³-hybridized carbons (Fsp3) is 0.538. The Kier molecular flexibility index (Phi) is 4.75. The van der Waals surface area contributed by atoms with Gasteiger partial charge < -0.3 is 5.73 Å². The first-order valence-corrected chi connectivity index (χ1v) is 8.80. The molecule has 2 rings (SSSR count). The lowest BCUT2D eigenvalue weighted by Gasteiger charge is -2.41. The van der Waals surface area contributed by atoms with Gasteiger partial charge in [0.15, 0.2) is 0 Å². The lowest BCUT2D eigenvalue weighted by atomic mass is 10.1. The van der Waals surface area contributed by atoms with Crippen LogP contribution in [0, 0.1) is 0 Å². The van der Waals surface area contributed by atoms with Gasteiger partial charge in [-0.2, -0.15) is 4.31 Å². The van der Waals surface area contributed by atoms with Crippen molar-refractivity contribution in [2.24, 2.45) is 0 Å². The molecule has 21 heavy (non-hydrogen) atoms. The third kappa shape index (κ3) is 3.14. The van der Waals surface area contributed by atoms with Crippen molar-refractivity contribution in [1.82, 2.24) is 9.21 Å². The molecule has 1 aromatic rings. The van der Waals surface area contributed by atoms with E-state index in [1.165, 1.54) is 16.4 Å². The summed E-state index contributed by atoms with van der Waals surface area (Å²) >= 11 is 11.9. The zero-order valence-corrected chi connectivity index (χ0v) is 14.5. The van der Waals surface area contributed by atoms with E-state index in [1.807, 2.05) is 20.9 Å². The van der Waals surface area contributed by atoms with Gasteiger partial charge in [0.2, 0.25) is 10.0 Å². The van der Waals surface area contributed by atoms with Crippen LogP contribution in [0.5, 0.6) is 0 Å². The van der Waals surface area contributed by atoms with Crippen molar-refractivity contribution in [1.29, 1.82) is 0 Å². The Labute approximate surface area is 135 Å². The van der Waals surface area contributed by atoms with E-state index in [4.69, 9.17) is 28.9 Å². The Morgan fingerprint density at radius 3 is 2.19 bits per heavy atom. The average Bonchev–Trinajstić information content (AvgIpc) is 2.33. The minimum absolute atomic E-state index is 0.0548. The third-order valence-corrected chi connectivity index (χ3v) is 6.54. The largest absolute Gasteiger partial charge is 0.398 e. The van der Waals surface area contributed by atoms with E-state index >= 15 is 0 Å². The summed E-state index contributed by atoms with van der Waals surface area (Å²) in [4.78, 5) is 2.09. The number of nitrogens with two attached hydrogens (primary N) is 1. The van der Waals surface area contributed by atoms with Gasteiger partial charge in [-0.15, -0.1) is 0 Å². The van der Waals surface area contributed by atoms with E-state index in [9.17, 15) is 8.42 Å². The highest BCUT2D eigenvalue weighted by Crippen LogP contribution is 2.34. The number of anilines is 1. The van der Waals surface area contributed by atoms with Crippen LogP contribution in [0.25, 0.3) is 0 Å². The van der Waals surface area contributed by atoms with Crippen molar-refractivity contribution in [3.63, 3.8) is 0 Å². The van der Waals surface area contributed by atoms with Crippen molar-refractivity contribution >= 4 is 38.9 Å². The molecule has 1 aliphatic rings. The van der Waals surface area contributed by atoms with Crippen molar-refractivity contribution < 1.29 is 8.42 Å². The number of likely N-dealkylation sites (N-methyl/N-ethyl adjacent to an activating group) is 1. The molecular formula is C13H19Cl2N3O2S. The van der Waals surface area contributed by atoms with E-state index in [-0.39, 0.29) is 27.7 Å². The quantitative estimate of drug-likeness (QED) is 0.830. The second-order valence-electron chi connectivity index (χ2n) is 5.49. The second-order valence-corrected chi connectivity index (χ2v) is 8.21. The van der Waals surface area contributed by atoms with Gasteiger partial charge in [-0.25, -0.2) is 8.42 Å². The van der Waals surface area contributed by atoms with Crippen molar-refractivity contribution in [2.75, 3.05) is 25.9 Å². The van der Waals surface area contributed by atoms with Gasteiger partial charge in [0.25, 0.3) is 0 Å². The molecule has 2 unspecified atom stereocenters. The molecule has 1 fully saturated rings. The Bertz CT molecular complexity index is 616. The third-order valence-electron chi connectivity index (χ3n) is 3.96. The van der Waals surface area contributed by atoms with E-state index in [1.54, 1.807) is 0 Å². The minimum Gasteiger partial charge on any atom is -0.398 e. The maximum absolute atomic E-state index is 12.8. The maximum atomic E-state index is 12.8. The van der Waals surface area contributed by atoms with Crippen LogP contribution in [-0.2, 0) is 10.0 Å². The number of piperazine rings is 1. The molecule has 1 aliphatic heterocycles. The Morgan fingerprint density at radius 2 is 1.71 bits per heavy atom. The molecule has 2 atom stereocenters. The van der Waals surface area contributed by atoms with E-state index in [2.05, 4.69) is 4.90 Å². The number of hydrogen-bond donors (Lipinski definition) is 1. The van der Waals surface area contributed by atoms with Gasteiger partial charge in [-0.1, -0.05) is 23.2 Å². The lowest BCUT2D eigenvalue weighted by molar-refractivity contribution is 0.105. The topological polar surface area (TPSA) is 66.6 Å². The zero-order valence-electron chi connectivity index (χ0n) is 12.2. The summed E-state index contributed by atoms with van der Waals surface area (Å²) < 4.78 is 27.1. The summed E-state index contributed by atoms with van der Waals surface area (Å²) in [5.74, 6) is 0. The monoisotopic (exact) mass is 351 g/mol. The molecule has 1 saturated heterocycles. The number of rotatable bonds is 2. The van der Waals surface area contributed by atoms with Crippen LogP contribution in [0.4, 0.5) is 5.69 Å². The van der Waals surface area contributed by atoms with Crippen LogP contribution in [0.2, 0.25) is 10.0 Å². The van der Waals surface area contributed by atoms with Gasteiger partial charge in [0, 0.05) is 30.2 Å². The molecule has 0 aliphatic carbocycles. The van der Waals surface area contributed by atoms with Crippen LogP contribution in [0.3, 0.4) is 0 Å². The van der Waals surface area contributed by atoms with Crippen LogP contribution in [0.15, 0.2) is 17.0 Å². The molecule has 1 aromatic carbocycles. The lowest BCUT2D eigenvalue weighted by Crippen LogP contribution is -2.56. The predicted molar refractivity (Wildman–Crippen MR) is 86.3 cm³/mol. The molecule has 0 bridgehead atoms. The Hall–Kier alpha value is -0.530. The Balaban J connectivity index is 2.44. The molecule has 0 amide bonds. The first-order chi connectivity index (χ1) is 9.64. The Morgan fingerprint density at radius 1 is 1.19 bits per heavy atom. The van der Waals surface area contributed by atoms with E-state index in [0.717, 1.165) is 0 Å². The molecule has 8 heteroatoms. The summed E-state index contributed by atoms with van der Waals surface area (Å²) in [5.41, 5.74) is 5.90. The van der Waals surface area contributed by atoms with Gasteiger partial charge >= 0.3 is 0 Å². The SMILES string of the molecule is CC1CN(S(=O)(=O)c2c(N)cc(Cl)cc2Cl)CC(C)N1C. The molecule has 0 saturated carbocycles. The number of nitrogen functional groups attached to an aromatic ring is 1. The summed E-state index contributed by atoms with van der Waals surface area (Å²) in [5, 5.41) is 0.371. The van der Waals surface area contributed by atoms with Crippen LogP contribution >= 0.6 is 23.2 Å². The first kappa shape index (κ1) is 16.8. The number of sulfonamides is 1. The standard InChI is InChI=1S/C13H19Cl2N3O2S/c1-8-6-18(7-9(2)17(8)3)21(19,20)13-11(15)4-10(14)5-12(13)16/h4-5,8-9H,6-7,16H2,1-3H3. The zero-order chi connectivity index (χ0) is 15.9. The minimum atomic E-state index is -3.74. The molecule has 1 heterocycles. The highest BCUT2D eigenvalue weighted by molar-refractivity contribution is 7.89. The molecular weight excluding hydrogens is 333 g/mol. The smallest absolute Gasteiger partial charge is 0.246 e. The maximum Gasteiger partial charge on any atom is 0.246 e. The first-order valence-electron chi connectivity index (χ1n) is 6.61. The molecule has 5 nitrogen and oxygen atoms in total. The van der Waals surface area contributed by atoms with E-state index < -0.39 is 10.0 Å². The highest BCUT2D eigenvalue weighted by atomic mass is 35.5. The normalized spacial score (nSPS) is 25.2. The fourth-order valence-electron chi connectivity index (χ4n) is 2.53. The molecule has 0 spiro atoms. The molecule has 0 aromatic heterocycles. The van der Waals surface area contributed by atoms with Crippen LogP contribution in [-0.4, -0.2) is 49.8 Å². The number of nitrogens with zero attached hydrogens (tertiary/aromatic N) is 2. The van der Waals surface area contributed by atoms with Gasteiger partial charge in [0.05, 0.1) is 10.7 Å². The second kappa shape index (κ2) is 5.93. The van der Waals surface area contributed by atoms with Crippen LogP contribution < -0.4 is 5.73 Å². The summed E-state index contributed by atoms with van der Waals surface area (Å²) in [7, 11) is -1.75. The molecule has 118 valence electrons. The number of hydrogen-bond acceptors (Lipinski definition) is 4. The highest BCUT2D eigenvalue weighted by Gasteiger charge is 2.36. The van der Waals surface area contributed by atoms with Crippen molar-refractivity contribution in [3.8, 4) is 0 Å². The van der Waals surface area contributed by atoms with Crippen molar-refractivity contribution in [3.05, 3.63) is 22.2 Å². The van der Waals surface area contributed by atoms with Gasteiger partial charge in [-0.3, -0.25) is 4.90 Å². The predicted octanol–water partition coefficient (Wildman–Crippen LogP) is 2.29. The number of benzene rings is 1. The number of halogens is 2.